The van der Waals surface area contributed by atoms with E-state index in [2.05, 4.69) is 24.9 Å². The first-order valence-electron chi connectivity index (χ1n) is 11.5. The summed E-state index contributed by atoms with van der Waals surface area (Å²) in [5, 5.41) is 14.2. The maximum atomic E-state index is 13.5. The zero-order valence-electron chi connectivity index (χ0n) is 19.0. The molecule has 3 aliphatic rings. The van der Waals surface area contributed by atoms with E-state index in [1.807, 2.05) is 43.3 Å². The second kappa shape index (κ2) is 8.70. The van der Waals surface area contributed by atoms with E-state index in [0.29, 0.717) is 25.1 Å². The molecule has 1 aromatic rings. The smallest absolute Gasteiger partial charge is 0.338 e. The minimum atomic E-state index is -0.889. The van der Waals surface area contributed by atoms with Gasteiger partial charge in [-0.05, 0) is 55.6 Å². The lowest BCUT2D eigenvalue weighted by Gasteiger charge is -2.58. The molecule has 2 aliphatic carbocycles. The quantitative estimate of drug-likeness (QED) is 0.540. The fraction of sp³-hybridized carbons (Fsp3) is 0.481. The van der Waals surface area contributed by atoms with E-state index >= 15 is 0 Å². The molecule has 0 radical (unpaired) electrons. The molecule has 170 valence electrons. The number of rotatable bonds is 5. The molecule has 0 aromatic heterocycles. The van der Waals surface area contributed by atoms with E-state index in [1.165, 1.54) is 0 Å². The lowest BCUT2D eigenvalue weighted by Crippen LogP contribution is -2.61. The zero-order chi connectivity index (χ0) is 22.9. The number of esters is 1. The molecule has 0 saturated heterocycles. The largest absolute Gasteiger partial charge is 0.458 e. The van der Waals surface area contributed by atoms with Crippen molar-refractivity contribution < 1.29 is 19.4 Å². The average Bonchev–Trinajstić information content (AvgIpc) is 3.19. The van der Waals surface area contributed by atoms with Gasteiger partial charge in [-0.3, -0.25) is 4.79 Å². The first-order valence-corrected chi connectivity index (χ1v) is 11.5. The number of aliphatic hydroxyl groups is 1. The molecule has 5 atom stereocenters. The Morgan fingerprint density at radius 1 is 1.28 bits per heavy atom. The van der Waals surface area contributed by atoms with Crippen LogP contribution in [0.15, 0.2) is 66.3 Å². The first kappa shape index (κ1) is 22.5. The molecule has 0 unspecified atom stereocenters. The van der Waals surface area contributed by atoms with Gasteiger partial charge in [0.15, 0.2) is 0 Å². The zero-order valence-corrected chi connectivity index (χ0v) is 19.0. The first-order chi connectivity index (χ1) is 15.3. The Balaban J connectivity index is 1.59. The number of amides is 1. The van der Waals surface area contributed by atoms with Crippen molar-refractivity contribution in [1.82, 2.24) is 5.32 Å². The molecule has 2 N–H and O–H groups in total. The van der Waals surface area contributed by atoms with Crippen LogP contribution in [0.4, 0.5) is 0 Å². The molecule has 1 heterocycles. The summed E-state index contributed by atoms with van der Waals surface area (Å²) >= 11 is 0. The van der Waals surface area contributed by atoms with Crippen LogP contribution in [-0.4, -0.2) is 29.7 Å². The number of cyclic esters (lactones) is 1. The number of aliphatic hydroxyl groups excluding tert-OH is 1. The molecule has 2 saturated carbocycles. The number of allylic oxidation sites excluding steroid dienone is 2. The van der Waals surface area contributed by atoms with Crippen molar-refractivity contribution in [1.29, 1.82) is 0 Å². The Morgan fingerprint density at radius 3 is 2.72 bits per heavy atom. The fourth-order valence-corrected chi connectivity index (χ4v) is 6.14. The summed E-state index contributed by atoms with van der Waals surface area (Å²) in [4.78, 5) is 25.4. The standard InChI is InChI=1S/C27H33NO4/c1-18-9-12-22-26(2,21(18)11-10-20-14-16-32-24(20)30)15-13-23(29)27(22,3)25(31)28-17-19-7-5-4-6-8-19/h4-8,10-11,14,21-23,29H,1,9,12-13,15-17H2,2-3H3,(H,28,31)/b11-10+/t21-,22+,23-,26+,27+/m1/s1. The number of benzene rings is 1. The van der Waals surface area contributed by atoms with Gasteiger partial charge in [0, 0.05) is 12.5 Å². The van der Waals surface area contributed by atoms with Crippen molar-refractivity contribution >= 4 is 11.9 Å². The SMILES string of the molecule is C=C1CC[C@H]2[C@@](C)(CC[C@@H](O)[C@@]2(C)C(=O)NCc2ccccc2)[C@@H]1/C=C/C1=CCOC1=O. The van der Waals surface area contributed by atoms with Gasteiger partial charge in [0.2, 0.25) is 5.91 Å². The molecule has 32 heavy (non-hydrogen) atoms. The monoisotopic (exact) mass is 435 g/mol. The maximum Gasteiger partial charge on any atom is 0.338 e. The van der Waals surface area contributed by atoms with Gasteiger partial charge in [0.1, 0.15) is 6.61 Å². The van der Waals surface area contributed by atoms with Crippen LogP contribution in [0.2, 0.25) is 0 Å². The molecular formula is C27H33NO4. The van der Waals surface area contributed by atoms with Crippen LogP contribution >= 0.6 is 0 Å². The summed E-state index contributed by atoms with van der Waals surface area (Å²) in [6.45, 7) is 9.23. The molecule has 5 nitrogen and oxygen atoms in total. The molecule has 0 bridgehead atoms. The molecule has 1 amide bonds. The van der Waals surface area contributed by atoms with Crippen LogP contribution in [0.1, 0.15) is 45.1 Å². The van der Waals surface area contributed by atoms with E-state index in [9.17, 15) is 14.7 Å². The molecular weight excluding hydrogens is 402 g/mol. The van der Waals surface area contributed by atoms with Crippen LogP contribution < -0.4 is 5.32 Å². The van der Waals surface area contributed by atoms with Gasteiger partial charge >= 0.3 is 5.97 Å². The molecule has 0 spiro atoms. The summed E-state index contributed by atoms with van der Waals surface area (Å²) in [5.41, 5.74) is 1.61. The topological polar surface area (TPSA) is 75.6 Å². The van der Waals surface area contributed by atoms with Crippen LogP contribution in [0.3, 0.4) is 0 Å². The van der Waals surface area contributed by atoms with E-state index < -0.39 is 11.5 Å². The van der Waals surface area contributed by atoms with Crippen molar-refractivity contribution in [3.05, 3.63) is 71.8 Å². The number of nitrogens with one attached hydrogen (secondary N) is 1. The Hall–Kier alpha value is -2.66. The number of carbonyl (C=O) groups is 2. The lowest BCUT2D eigenvalue weighted by atomic mass is 9.46. The maximum absolute atomic E-state index is 13.5. The second-order valence-corrected chi connectivity index (χ2v) is 9.86. The molecule has 1 aromatic carbocycles. The van der Waals surface area contributed by atoms with Crippen LogP contribution in [-0.2, 0) is 20.9 Å². The summed E-state index contributed by atoms with van der Waals surface area (Å²) in [5.74, 6) is -0.362. The highest BCUT2D eigenvalue weighted by Crippen LogP contribution is 2.61. The van der Waals surface area contributed by atoms with Gasteiger partial charge in [-0.25, -0.2) is 4.79 Å². The third-order valence-electron chi connectivity index (χ3n) is 8.08. The highest BCUT2D eigenvalue weighted by molar-refractivity contribution is 5.93. The predicted octanol–water partition coefficient (Wildman–Crippen LogP) is 4.09. The van der Waals surface area contributed by atoms with Gasteiger partial charge in [-0.15, -0.1) is 0 Å². The third-order valence-corrected chi connectivity index (χ3v) is 8.08. The van der Waals surface area contributed by atoms with E-state index in [4.69, 9.17) is 4.74 Å². The summed E-state index contributed by atoms with van der Waals surface area (Å²) in [6.07, 6.45) is 7.98. The second-order valence-electron chi connectivity index (χ2n) is 9.86. The van der Waals surface area contributed by atoms with E-state index in [1.54, 1.807) is 6.08 Å². The predicted molar refractivity (Wildman–Crippen MR) is 123 cm³/mol. The van der Waals surface area contributed by atoms with Crippen molar-refractivity contribution in [3.63, 3.8) is 0 Å². The highest BCUT2D eigenvalue weighted by Gasteiger charge is 2.60. The number of hydrogen-bond acceptors (Lipinski definition) is 4. The Labute approximate surface area is 190 Å². The summed E-state index contributed by atoms with van der Waals surface area (Å²) in [6, 6.07) is 9.83. The fourth-order valence-electron chi connectivity index (χ4n) is 6.14. The van der Waals surface area contributed by atoms with E-state index in [-0.39, 0.29) is 29.1 Å². The number of ether oxygens (including phenoxy) is 1. The molecule has 5 heteroatoms. The normalized spacial score (nSPS) is 34.7. The number of carbonyl (C=O) groups excluding carboxylic acids is 2. The third kappa shape index (κ3) is 3.83. The molecule has 4 rings (SSSR count). The Bertz CT molecular complexity index is 965. The Morgan fingerprint density at radius 2 is 2.03 bits per heavy atom. The van der Waals surface area contributed by atoms with E-state index in [0.717, 1.165) is 30.4 Å². The molecule has 2 fully saturated rings. The average molecular weight is 436 g/mol. The van der Waals surface area contributed by atoms with Crippen molar-refractivity contribution in [2.24, 2.45) is 22.7 Å². The van der Waals surface area contributed by atoms with Crippen LogP contribution in [0, 0.1) is 22.7 Å². The number of fused-ring (bicyclic) bond motifs is 1. The van der Waals surface area contributed by atoms with Gasteiger partial charge < -0.3 is 15.2 Å². The van der Waals surface area contributed by atoms with Crippen molar-refractivity contribution in [3.8, 4) is 0 Å². The molecule has 1 aliphatic heterocycles. The van der Waals surface area contributed by atoms with Crippen LogP contribution in [0.5, 0.6) is 0 Å². The lowest BCUT2D eigenvalue weighted by molar-refractivity contribution is -0.164. The van der Waals surface area contributed by atoms with Crippen molar-refractivity contribution in [2.45, 2.75) is 52.2 Å². The minimum Gasteiger partial charge on any atom is -0.458 e. The summed E-state index contributed by atoms with van der Waals surface area (Å²) in [7, 11) is 0. The van der Waals surface area contributed by atoms with Gasteiger partial charge in [-0.2, -0.15) is 0 Å². The number of hydrogen-bond donors (Lipinski definition) is 2. The van der Waals surface area contributed by atoms with Crippen LogP contribution in [0.25, 0.3) is 0 Å². The van der Waals surface area contributed by atoms with Gasteiger partial charge in [0.25, 0.3) is 0 Å². The minimum absolute atomic E-state index is 0.000757. The summed E-state index contributed by atoms with van der Waals surface area (Å²) < 4.78 is 5.01. The van der Waals surface area contributed by atoms with Gasteiger partial charge in [0.05, 0.1) is 17.1 Å². The van der Waals surface area contributed by atoms with Gasteiger partial charge in [-0.1, -0.05) is 61.6 Å². The highest BCUT2D eigenvalue weighted by atomic mass is 16.5. The van der Waals surface area contributed by atoms with Crippen molar-refractivity contribution in [2.75, 3.05) is 6.61 Å². The Kier molecular flexibility index (Phi) is 6.13.